The maximum absolute atomic E-state index is 13.2. The summed E-state index contributed by atoms with van der Waals surface area (Å²) in [5.41, 5.74) is 1.45. The van der Waals surface area contributed by atoms with Crippen LogP contribution in [0.3, 0.4) is 0 Å². The second-order valence-electron chi connectivity index (χ2n) is 8.15. The zero-order chi connectivity index (χ0) is 22.3. The van der Waals surface area contributed by atoms with Crippen molar-refractivity contribution in [1.29, 1.82) is 0 Å². The molecule has 5 nitrogen and oxygen atoms in total. The molecule has 1 saturated heterocycles. The normalized spacial score (nSPS) is 16.6. The van der Waals surface area contributed by atoms with Gasteiger partial charge in [0.1, 0.15) is 11.6 Å². The average Bonchev–Trinajstić information content (AvgIpc) is 2.82. The first-order valence-corrected chi connectivity index (χ1v) is 11.3. The van der Waals surface area contributed by atoms with E-state index in [1.165, 1.54) is 30.3 Å². The number of fused-ring (bicyclic) bond motifs is 1. The van der Waals surface area contributed by atoms with Gasteiger partial charge in [0.15, 0.2) is 11.6 Å². The highest BCUT2D eigenvalue weighted by Crippen LogP contribution is 2.33. The largest absolute Gasteiger partial charge is 0.493 e. The summed E-state index contributed by atoms with van der Waals surface area (Å²) in [6.45, 7) is 5.31. The van der Waals surface area contributed by atoms with Gasteiger partial charge in [0.25, 0.3) is 0 Å². The van der Waals surface area contributed by atoms with Gasteiger partial charge in [-0.25, -0.2) is 4.39 Å². The van der Waals surface area contributed by atoms with Crippen LogP contribution in [-0.2, 0) is 4.74 Å². The summed E-state index contributed by atoms with van der Waals surface area (Å²) in [5, 5.41) is 0. The summed E-state index contributed by atoms with van der Waals surface area (Å²) in [5.74, 6) is -0.454. The Labute approximate surface area is 187 Å². The van der Waals surface area contributed by atoms with Crippen LogP contribution in [0, 0.1) is 5.82 Å². The number of carbonyl (C=O) groups excluding carboxylic acids is 2. The Balaban J connectivity index is 1.31. The lowest BCUT2D eigenvalue weighted by Gasteiger charge is -2.26. The van der Waals surface area contributed by atoms with Crippen molar-refractivity contribution in [2.75, 3.05) is 39.5 Å². The second-order valence-corrected chi connectivity index (χ2v) is 8.15. The van der Waals surface area contributed by atoms with Crippen LogP contribution >= 0.6 is 0 Å². The zero-order valence-corrected chi connectivity index (χ0v) is 18.1. The molecule has 32 heavy (non-hydrogen) atoms. The van der Waals surface area contributed by atoms with Crippen LogP contribution < -0.4 is 4.74 Å². The van der Waals surface area contributed by atoms with E-state index in [-0.39, 0.29) is 23.0 Å². The van der Waals surface area contributed by atoms with Crippen molar-refractivity contribution in [2.45, 2.75) is 25.7 Å². The highest BCUT2D eigenvalue weighted by atomic mass is 19.1. The maximum Gasteiger partial charge on any atom is 0.194 e. The minimum Gasteiger partial charge on any atom is -0.493 e. The molecule has 2 aromatic rings. The summed E-state index contributed by atoms with van der Waals surface area (Å²) in [4.78, 5) is 28.3. The van der Waals surface area contributed by atoms with E-state index in [4.69, 9.17) is 9.47 Å². The molecule has 0 radical (unpaired) electrons. The first kappa shape index (κ1) is 22.4. The predicted molar refractivity (Wildman–Crippen MR) is 121 cm³/mol. The molecule has 1 aliphatic carbocycles. The highest BCUT2D eigenvalue weighted by Gasteiger charge is 2.29. The van der Waals surface area contributed by atoms with Crippen LogP contribution in [0.4, 0.5) is 4.39 Å². The zero-order valence-electron chi connectivity index (χ0n) is 18.1. The van der Waals surface area contributed by atoms with E-state index in [0.29, 0.717) is 29.0 Å². The molecule has 1 aliphatic heterocycles. The van der Waals surface area contributed by atoms with Gasteiger partial charge in [0.2, 0.25) is 0 Å². The lowest BCUT2D eigenvalue weighted by Crippen LogP contribution is -2.36. The smallest absolute Gasteiger partial charge is 0.194 e. The number of morpholine rings is 1. The van der Waals surface area contributed by atoms with Crippen molar-refractivity contribution < 1.29 is 23.5 Å². The van der Waals surface area contributed by atoms with Crippen LogP contribution in [0.2, 0.25) is 0 Å². The van der Waals surface area contributed by atoms with Crippen molar-refractivity contribution in [3.8, 4) is 5.75 Å². The van der Waals surface area contributed by atoms with Gasteiger partial charge in [-0.3, -0.25) is 14.5 Å². The number of Topliss-reactive ketones (excluding diaryl/α,β-unsaturated/α-hetero) is 1. The number of halogens is 1. The molecule has 1 heterocycles. The minimum atomic E-state index is -0.388. The van der Waals surface area contributed by atoms with Crippen molar-refractivity contribution in [3.05, 3.63) is 71.0 Å². The van der Waals surface area contributed by atoms with Crippen LogP contribution in [0.1, 0.15) is 52.0 Å². The number of rotatable bonds is 9. The number of nitrogens with zero attached hydrogens (tertiary/aromatic N) is 1. The molecule has 1 fully saturated rings. The van der Waals surface area contributed by atoms with Gasteiger partial charge in [-0.15, -0.1) is 0 Å². The predicted octanol–water partition coefficient (Wildman–Crippen LogP) is 4.56. The molecule has 2 aliphatic rings. The van der Waals surface area contributed by atoms with Crippen LogP contribution in [0.25, 0.3) is 5.57 Å². The van der Waals surface area contributed by atoms with Gasteiger partial charge in [0, 0.05) is 24.2 Å². The van der Waals surface area contributed by atoms with E-state index in [9.17, 15) is 14.0 Å². The average molecular weight is 438 g/mol. The summed E-state index contributed by atoms with van der Waals surface area (Å²) in [7, 11) is 0. The van der Waals surface area contributed by atoms with Gasteiger partial charge in [-0.05, 0) is 49.2 Å². The van der Waals surface area contributed by atoms with E-state index >= 15 is 0 Å². The Bertz CT molecular complexity index is 993. The summed E-state index contributed by atoms with van der Waals surface area (Å²) in [6.07, 6.45) is 5.57. The molecule has 0 atom stereocenters. The van der Waals surface area contributed by atoms with Crippen molar-refractivity contribution >= 4 is 17.1 Å². The van der Waals surface area contributed by atoms with Gasteiger partial charge >= 0.3 is 0 Å². The van der Waals surface area contributed by atoms with E-state index in [1.54, 1.807) is 18.2 Å². The fourth-order valence-electron chi connectivity index (χ4n) is 4.15. The van der Waals surface area contributed by atoms with E-state index in [0.717, 1.165) is 58.5 Å². The highest BCUT2D eigenvalue weighted by molar-refractivity contribution is 6.39. The van der Waals surface area contributed by atoms with Crippen molar-refractivity contribution in [2.24, 2.45) is 0 Å². The Kier molecular flexibility index (Phi) is 7.45. The van der Waals surface area contributed by atoms with Gasteiger partial charge in [-0.2, -0.15) is 0 Å². The van der Waals surface area contributed by atoms with E-state index < -0.39 is 0 Å². The number of hydrogen-bond donors (Lipinski definition) is 0. The summed E-state index contributed by atoms with van der Waals surface area (Å²) < 4.78 is 24.5. The molecule has 4 rings (SSSR count). The third-order valence-corrected chi connectivity index (χ3v) is 5.92. The molecule has 0 saturated carbocycles. The standard InChI is InChI=1S/C26H28FNO4/c27-20-10-8-19(9-11-20)22-18-23(29)25-21(26(22)30)6-5-7-24(25)32-15-4-2-1-3-12-28-13-16-31-17-14-28/h5-11,18H,1-4,12-17H2. The van der Waals surface area contributed by atoms with Gasteiger partial charge in [0.05, 0.1) is 25.4 Å². The number of benzene rings is 2. The van der Waals surface area contributed by atoms with E-state index in [1.807, 2.05) is 0 Å². The molecule has 0 N–H and O–H groups in total. The molecule has 2 aromatic carbocycles. The molecule has 0 unspecified atom stereocenters. The first-order chi connectivity index (χ1) is 15.6. The quantitative estimate of drug-likeness (QED) is 0.539. The van der Waals surface area contributed by atoms with Crippen LogP contribution in [0.5, 0.6) is 5.75 Å². The maximum atomic E-state index is 13.2. The number of allylic oxidation sites excluding steroid dienone is 2. The lowest BCUT2D eigenvalue weighted by molar-refractivity contribution is 0.0371. The number of hydrogen-bond acceptors (Lipinski definition) is 5. The fraction of sp³-hybridized carbons (Fsp3) is 0.385. The Morgan fingerprint density at radius 3 is 2.47 bits per heavy atom. The molecular formula is C26H28FNO4. The van der Waals surface area contributed by atoms with Gasteiger partial charge < -0.3 is 9.47 Å². The van der Waals surface area contributed by atoms with E-state index in [2.05, 4.69) is 4.90 Å². The SMILES string of the molecule is O=C1C(c2ccc(F)cc2)=CC(=O)c2c(OCCCCCCN3CCOCC3)cccc21. The number of unbranched alkanes of at least 4 members (excludes halogenated alkanes) is 3. The summed E-state index contributed by atoms with van der Waals surface area (Å²) >= 11 is 0. The molecule has 168 valence electrons. The molecule has 0 bridgehead atoms. The monoisotopic (exact) mass is 437 g/mol. The lowest BCUT2D eigenvalue weighted by atomic mass is 9.86. The molecule has 6 heteroatoms. The van der Waals surface area contributed by atoms with Crippen molar-refractivity contribution in [1.82, 2.24) is 4.90 Å². The molecule has 0 spiro atoms. The van der Waals surface area contributed by atoms with Gasteiger partial charge in [-0.1, -0.05) is 37.1 Å². The third kappa shape index (κ3) is 5.31. The molecule has 0 aromatic heterocycles. The molecular weight excluding hydrogens is 409 g/mol. The molecule has 0 amide bonds. The summed E-state index contributed by atoms with van der Waals surface area (Å²) in [6, 6.07) is 10.7. The number of carbonyl (C=O) groups is 2. The first-order valence-electron chi connectivity index (χ1n) is 11.3. The Hall–Kier alpha value is -2.83. The second kappa shape index (κ2) is 10.7. The Morgan fingerprint density at radius 1 is 0.938 bits per heavy atom. The fourth-order valence-corrected chi connectivity index (χ4v) is 4.15. The Morgan fingerprint density at radius 2 is 1.69 bits per heavy atom. The van der Waals surface area contributed by atoms with Crippen LogP contribution in [0.15, 0.2) is 48.5 Å². The third-order valence-electron chi connectivity index (χ3n) is 5.92. The number of ether oxygens (including phenoxy) is 2. The van der Waals surface area contributed by atoms with Crippen LogP contribution in [-0.4, -0.2) is 55.9 Å². The number of ketones is 2. The van der Waals surface area contributed by atoms with Crippen molar-refractivity contribution in [3.63, 3.8) is 0 Å². The topological polar surface area (TPSA) is 55.8 Å². The minimum absolute atomic E-state index is 0.250.